The molecule has 0 fully saturated rings. The van der Waals surface area contributed by atoms with E-state index < -0.39 is 34.5 Å². The summed E-state index contributed by atoms with van der Waals surface area (Å²) in [7, 11) is -0.828. The predicted molar refractivity (Wildman–Crippen MR) is 113 cm³/mol. The van der Waals surface area contributed by atoms with Gasteiger partial charge in [-0.05, 0) is 43.7 Å². The number of sulfonamides is 1. The van der Waals surface area contributed by atoms with Gasteiger partial charge in [0, 0.05) is 6.54 Å². The van der Waals surface area contributed by atoms with Gasteiger partial charge in [0.15, 0.2) is 17.6 Å². The van der Waals surface area contributed by atoms with Crippen LogP contribution in [-0.4, -0.2) is 47.2 Å². The predicted octanol–water partition coefficient (Wildman–Crippen LogP) is 1.54. The van der Waals surface area contributed by atoms with Gasteiger partial charge in [-0.15, -0.1) is 0 Å². The fourth-order valence-corrected chi connectivity index (χ4v) is 3.54. The molecule has 2 N–H and O–H groups in total. The Hall–Kier alpha value is -3.11. The minimum atomic E-state index is -3.86. The largest absolute Gasteiger partial charge is 0.493 e. The Morgan fingerprint density at radius 1 is 1.00 bits per heavy atom. The Bertz CT molecular complexity index is 1020. The quantitative estimate of drug-likeness (QED) is 0.527. The molecule has 168 valence electrons. The van der Waals surface area contributed by atoms with Crippen molar-refractivity contribution in [3.63, 3.8) is 0 Å². The number of methoxy groups -OCH3 is 2. The molecule has 9 nitrogen and oxygen atoms in total. The maximum atomic E-state index is 12.2. The highest BCUT2D eigenvalue weighted by atomic mass is 32.2. The Kier molecular flexibility index (Phi) is 8.40. The van der Waals surface area contributed by atoms with Crippen LogP contribution < -0.4 is 19.5 Å². The first-order chi connectivity index (χ1) is 14.7. The molecule has 0 saturated heterocycles. The number of hydrogen-bond acceptors (Lipinski definition) is 7. The van der Waals surface area contributed by atoms with Crippen LogP contribution in [0.4, 0.5) is 0 Å². The Balaban J connectivity index is 1.84. The summed E-state index contributed by atoms with van der Waals surface area (Å²) in [5, 5.41) is 2.65. The molecule has 2 aromatic rings. The van der Waals surface area contributed by atoms with Gasteiger partial charge in [0.25, 0.3) is 5.91 Å². The van der Waals surface area contributed by atoms with Gasteiger partial charge in [-0.1, -0.05) is 23.8 Å². The minimum Gasteiger partial charge on any atom is -0.493 e. The van der Waals surface area contributed by atoms with E-state index in [4.69, 9.17) is 14.2 Å². The molecule has 31 heavy (non-hydrogen) atoms. The average Bonchev–Trinajstić information content (AvgIpc) is 2.76. The van der Waals surface area contributed by atoms with Crippen LogP contribution in [0.3, 0.4) is 0 Å². The highest BCUT2D eigenvalue weighted by Crippen LogP contribution is 2.27. The van der Waals surface area contributed by atoms with Crippen molar-refractivity contribution in [3.05, 3.63) is 53.6 Å². The van der Waals surface area contributed by atoms with E-state index in [1.807, 2.05) is 6.92 Å². The van der Waals surface area contributed by atoms with E-state index >= 15 is 0 Å². The first-order valence-electron chi connectivity index (χ1n) is 9.40. The molecular weight excluding hydrogens is 424 g/mol. The van der Waals surface area contributed by atoms with Crippen LogP contribution in [0.25, 0.3) is 0 Å². The zero-order valence-electron chi connectivity index (χ0n) is 17.8. The molecule has 0 radical (unpaired) electrons. The number of carbonyl (C=O) groups excluding carboxylic acids is 2. The van der Waals surface area contributed by atoms with Gasteiger partial charge in [0.05, 0.1) is 19.1 Å². The zero-order chi connectivity index (χ0) is 23.0. The van der Waals surface area contributed by atoms with E-state index in [1.54, 1.807) is 30.3 Å². The summed E-state index contributed by atoms with van der Waals surface area (Å²) in [6.45, 7) is 2.82. The number of amides is 1. The third kappa shape index (κ3) is 6.97. The van der Waals surface area contributed by atoms with Gasteiger partial charge in [0.2, 0.25) is 10.0 Å². The number of benzene rings is 2. The van der Waals surface area contributed by atoms with E-state index in [-0.39, 0.29) is 11.4 Å². The van der Waals surface area contributed by atoms with E-state index in [0.717, 1.165) is 11.1 Å². The molecule has 0 aliphatic carbocycles. The van der Waals surface area contributed by atoms with Crippen molar-refractivity contribution in [1.82, 2.24) is 10.0 Å². The summed E-state index contributed by atoms with van der Waals surface area (Å²) in [6.07, 6.45) is -1.10. The van der Waals surface area contributed by atoms with E-state index in [9.17, 15) is 18.0 Å². The Labute approximate surface area is 181 Å². The van der Waals surface area contributed by atoms with Crippen LogP contribution >= 0.6 is 0 Å². The molecule has 0 spiro atoms. The standard InChI is InChI=1S/C21H26N2O7S/c1-14-5-8-17(9-6-14)31(26,27)23-13-20(24)30-15(2)21(25)22-12-16-7-10-18(28-3)19(11-16)29-4/h5-11,15,23H,12-13H2,1-4H3,(H,22,25). The smallest absolute Gasteiger partial charge is 0.321 e. The lowest BCUT2D eigenvalue weighted by molar-refractivity contribution is -0.153. The average molecular weight is 451 g/mol. The monoisotopic (exact) mass is 450 g/mol. The van der Waals surface area contributed by atoms with Crippen LogP contribution in [0.2, 0.25) is 0 Å². The lowest BCUT2D eigenvalue weighted by Gasteiger charge is -2.15. The number of aryl methyl sites for hydroxylation is 1. The van der Waals surface area contributed by atoms with Gasteiger partial charge in [-0.3, -0.25) is 9.59 Å². The number of hydrogen-bond donors (Lipinski definition) is 2. The second kappa shape index (κ2) is 10.8. The molecule has 2 aromatic carbocycles. The zero-order valence-corrected chi connectivity index (χ0v) is 18.6. The normalized spacial score (nSPS) is 12.0. The second-order valence-electron chi connectivity index (χ2n) is 6.68. The molecule has 0 heterocycles. The highest BCUT2D eigenvalue weighted by Gasteiger charge is 2.20. The van der Waals surface area contributed by atoms with E-state index in [1.165, 1.54) is 33.3 Å². The first kappa shape index (κ1) is 24.2. The van der Waals surface area contributed by atoms with Crippen LogP contribution in [0.1, 0.15) is 18.1 Å². The van der Waals surface area contributed by atoms with Gasteiger partial charge in [0.1, 0.15) is 6.54 Å². The molecule has 1 atom stereocenters. The third-order valence-electron chi connectivity index (χ3n) is 4.33. The van der Waals surface area contributed by atoms with E-state index in [0.29, 0.717) is 11.5 Å². The van der Waals surface area contributed by atoms with Crippen LogP contribution in [0.5, 0.6) is 11.5 Å². The van der Waals surface area contributed by atoms with Gasteiger partial charge >= 0.3 is 5.97 Å². The van der Waals surface area contributed by atoms with Crippen molar-refractivity contribution in [3.8, 4) is 11.5 Å². The van der Waals surface area contributed by atoms with Crippen LogP contribution in [0.15, 0.2) is 47.4 Å². The van der Waals surface area contributed by atoms with Crippen molar-refractivity contribution in [1.29, 1.82) is 0 Å². The molecule has 0 saturated carbocycles. The molecule has 0 aliphatic heterocycles. The number of rotatable bonds is 10. The molecular formula is C21H26N2O7S. The summed E-state index contributed by atoms with van der Waals surface area (Å²) in [5.41, 5.74) is 1.67. The van der Waals surface area contributed by atoms with Crippen molar-refractivity contribution >= 4 is 21.9 Å². The third-order valence-corrected chi connectivity index (χ3v) is 5.75. The summed E-state index contributed by atoms with van der Waals surface area (Å²) >= 11 is 0. The SMILES string of the molecule is COc1ccc(CNC(=O)C(C)OC(=O)CNS(=O)(=O)c2ccc(C)cc2)cc1OC. The molecule has 1 amide bonds. The number of carbonyl (C=O) groups is 2. The fourth-order valence-electron chi connectivity index (χ4n) is 2.57. The van der Waals surface area contributed by atoms with Crippen molar-refractivity contribution in [2.24, 2.45) is 0 Å². The van der Waals surface area contributed by atoms with E-state index in [2.05, 4.69) is 10.0 Å². The Morgan fingerprint density at radius 2 is 1.65 bits per heavy atom. The van der Waals surface area contributed by atoms with Crippen molar-refractivity contribution < 1.29 is 32.2 Å². The lowest BCUT2D eigenvalue weighted by atomic mass is 10.2. The number of nitrogens with one attached hydrogen (secondary N) is 2. The number of ether oxygens (including phenoxy) is 3. The molecule has 2 rings (SSSR count). The molecule has 0 aliphatic rings. The summed E-state index contributed by atoms with van der Waals surface area (Å²) in [5.74, 6) is -0.309. The molecule has 0 aromatic heterocycles. The second-order valence-corrected chi connectivity index (χ2v) is 8.44. The minimum absolute atomic E-state index is 0.0339. The maximum absolute atomic E-state index is 12.2. The fraction of sp³-hybridized carbons (Fsp3) is 0.333. The van der Waals surface area contributed by atoms with Crippen LogP contribution in [0, 0.1) is 6.92 Å². The summed E-state index contributed by atoms with van der Waals surface area (Å²) in [6, 6.07) is 11.4. The van der Waals surface area contributed by atoms with Gasteiger partial charge in [-0.2, -0.15) is 4.72 Å². The Morgan fingerprint density at radius 3 is 2.26 bits per heavy atom. The highest BCUT2D eigenvalue weighted by molar-refractivity contribution is 7.89. The number of esters is 1. The summed E-state index contributed by atoms with van der Waals surface area (Å²) in [4.78, 5) is 24.2. The lowest BCUT2D eigenvalue weighted by Crippen LogP contribution is -2.38. The molecule has 1 unspecified atom stereocenters. The maximum Gasteiger partial charge on any atom is 0.321 e. The molecule has 0 bridgehead atoms. The van der Waals surface area contributed by atoms with Crippen LogP contribution in [-0.2, 0) is 30.9 Å². The summed E-state index contributed by atoms with van der Waals surface area (Å²) < 4.78 is 42.0. The molecule has 10 heteroatoms. The first-order valence-corrected chi connectivity index (χ1v) is 10.9. The van der Waals surface area contributed by atoms with Gasteiger partial charge < -0.3 is 19.5 Å². The van der Waals surface area contributed by atoms with Crippen molar-refractivity contribution in [2.45, 2.75) is 31.4 Å². The van der Waals surface area contributed by atoms with Gasteiger partial charge in [-0.25, -0.2) is 8.42 Å². The van der Waals surface area contributed by atoms with Crippen molar-refractivity contribution in [2.75, 3.05) is 20.8 Å². The topological polar surface area (TPSA) is 120 Å².